The van der Waals surface area contributed by atoms with Gasteiger partial charge in [0.15, 0.2) is 0 Å². The standard InChI is InChI=1S/C26H35ClN4O2/c1-17(2)21-15-23-24(32)31(22-14-19(27)13-12-18(22)3)26(4,16-30(23)29-21)25(33)28-20-10-8-6-5-7-9-11-20/h12-15,17,20H,5-11,16H2,1-4H3,(H,28,33)/t26-/m1/s1. The van der Waals surface area contributed by atoms with Gasteiger partial charge in [-0.15, -0.1) is 0 Å². The van der Waals surface area contributed by atoms with Crippen LogP contribution in [0.15, 0.2) is 24.3 Å². The van der Waals surface area contributed by atoms with E-state index in [2.05, 4.69) is 24.3 Å². The Morgan fingerprint density at radius 2 is 1.82 bits per heavy atom. The molecule has 1 atom stereocenters. The van der Waals surface area contributed by atoms with Crippen LogP contribution in [-0.2, 0) is 11.3 Å². The van der Waals surface area contributed by atoms with Crippen molar-refractivity contribution >= 4 is 29.1 Å². The molecular formula is C26H35ClN4O2. The van der Waals surface area contributed by atoms with Gasteiger partial charge in [0.1, 0.15) is 11.2 Å². The van der Waals surface area contributed by atoms with Gasteiger partial charge in [-0.3, -0.25) is 19.2 Å². The minimum Gasteiger partial charge on any atom is -0.351 e. The average molecular weight is 471 g/mol. The Hall–Kier alpha value is -2.34. The van der Waals surface area contributed by atoms with E-state index in [1.165, 1.54) is 19.3 Å². The third-order valence-corrected chi connectivity index (χ3v) is 7.34. The number of fused-ring (bicyclic) bond motifs is 1. The van der Waals surface area contributed by atoms with Crippen LogP contribution in [0.3, 0.4) is 0 Å². The molecular weight excluding hydrogens is 436 g/mol. The maximum atomic E-state index is 13.9. The van der Waals surface area contributed by atoms with Crippen LogP contribution in [-0.4, -0.2) is 33.2 Å². The molecule has 1 fully saturated rings. The van der Waals surface area contributed by atoms with Crippen LogP contribution in [0.2, 0.25) is 5.02 Å². The minimum atomic E-state index is -1.12. The van der Waals surface area contributed by atoms with E-state index < -0.39 is 5.54 Å². The molecule has 6 nitrogen and oxygen atoms in total. The predicted octanol–water partition coefficient (Wildman–Crippen LogP) is 5.62. The fourth-order valence-electron chi connectivity index (χ4n) is 5.03. The predicted molar refractivity (Wildman–Crippen MR) is 132 cm³/mol. The monoisotopic (exact) mass is 470 g/mol. The highest BCUT2D eigenvalue weighted by molar-refractivity contribution is 6.31. The number of amides is 2. The Bertz CT molecular complexity index is 1040. The lowest BCUT2D eigenvalue weighted by molar-refractivity contribution is -0.127. The first-order valence-corrected chi connectivity index (χ1v) is 12.6. The number of aryl methyl sites for hydroxylation is 1. The number of hydrogen-bond acceptors (Lipinski definition) is 3. The largest absolute Gasteiger partial charge is 0.351 e. The smallest absolute Gasteiger partial charge is 0.277 e. The van der Waals surface area contributed by atoms with Crippen molar-refractivity contribution in [1.29, 1.82) is 0 Å². The first kappa shape index (κ1) is 23.8. The van der Waals surface area contributed by atoms with E-state index in [-0.39, 0.29) is 23.8 Å². The average Bonchev–Trinajstić information content (AvgIpc) is 3.16. The zero-order valence-electron chi connectivity index (χ0n) is 20.2. The molecule has 2 aromatic rings. The first-order valence-electron chi connectivity index (χ1n) is 12.2. The van der Waals surface area contributed by atoms with Crippen LogP contribution in [0, 0.1) is 6.92 Å². The van der Waals surface area contributed by atoms with Crippen molar-refractivity contribution in [2.24, 2.45) is 0 Å². The van der Waals surface area contributed by atoms with E-state index in [9.17, 15) is 9.59 Å². The molecule has 33 heavy (non-hydrogen) atoms. The van der Waals surface area contributed by atoms with Gasteiger partial charge in [0.25, 0.3) is 5.91 Å². The lowest BCUT2D eigenvalue weighted by atomic mass is 9.91. The van der Waals surface area contributed by atoms with Crippen LogP contribution in [0.1, 0.15) is 93.4 Å². The van der Waals surface area contributed by atoms with E-state index in [0.717, 1.165) is 36.9 Å². The molecule has 1 N–H and O–H groups in total. The number of carbonyl (C=O) groups excluding carboxylic acids is 2. The maximum absolute atomic E-state index is 13.9. The normalized spacial score (nSPS) is 22.1. The summed E-state index contributed by atoms with van der Waals surface area (Å²) in [6.07, 6.45) is 7.91. The molecule has 1 aromatic carbocycles. The van der Waals surface area contributed by atoms with Crippen LogP contribution in [0.4, 0.5) is 5.69 Å². The Labute approximate surface area is 201 Å². The molecule has 0 bridgehead atoms. The summed E-state index contributed by atoms with van der Waals surface area (Å²) in [5.74, 6) is -0.165. The van der Waals surface area contributed by atoms with Gasteiger partial charge in [0.05, 0.1) is 12.2 Å². The third-order valence-electron chi connectivity index (χ3n) is 7.11. The highest BCUT2D eigenvalue weighted by atomic mass is 35.5. The second-order valence-electron chi connectivity index (χ2n) is 10.1. The van der Waals surface area contributed by atoms with Crippen molar-refractivity contribution in [3.05, 3.63) is 46.2 Å². The minimum absolute atomic E-state index is 0.131. The second-order valence-corrected chi connectivity index (χ2v) is 10.6. The summed E-state index contributed by atoms with van der Waals surface area (Å²) in [4.78, 5) is 29.4. The zero-order chi connectivity index (χ0) is 23.8. The second kappa shape index (κ2) is 9.49. The van der Waals surface area contributed by atoms with E-state index >= 15 is 0 Å². The molecule has 178 valence electrons. The van der Waals surface area contributed by atoms with Gasteiger partial charge in [-0.2, -0.15) is 5.10 Å². The lowest BCUT2D eigenvalue weighted by Crippen LogP contribution is -2.65. The summed E-state index contributed by atoms with van der Waals surface area (Å²) in [5, 5.41) is 8.52. The fourth-order valence-corrected chi connectivity index (χ4v) is 5.19. The lowest BCUT2D eigenvalue weighted by Gasteiger charge is -2.44. The molecule has 1 aromatic heterocycles. The van der Waals surface area contributed by atoms with Gasteiger partial charge in [0, 0.05) is 16.8 Å². The Kier molecular flexibility index (Phi) is 6.85. The van der Waals surface area contributed by atoms with E-state index in [0.29, 0.717) is 22.9 Å². The van der Waals surface area contributed by atoms with E-state index in [4.69, 9.17) is 11.6 Å². The van der Waals surface area contributed by atoms with Crippen molar-refractivity contribution < 1.29 is 9.59 Å². The van der Waals surface area contributed by atoms with Gasteiger partial charge < -0.3 is 5.32 Å². The van der Waals surface area contributed by atoms with Crippen LogP contribution in [0.25, 0.3) is 0 Å². The van der Waals surface area contributed by atoms with Crippen molar-refractivity contribution in [2.75, 3.05) is 4.90 Å². The molecule has 1 aliphatic heterocycles. The summed E-state index contributed by atoms with van der Waals surface area (Å²) in [6, 6.07) is 7.47. The molecule has 7 heteroatoms. The molecule has 0 spiro atoms. The Balaban J connectivity index is 1.75. The molecule has 1 aliphatic carbocycles. The van der Waals surface area contributed by atoms with Crippen molar-refractivity contribution in [3.63, 3.8) is 0 Å². The van der Waals surface area contributed by atoms with Gasteiger partial charge in [-0.1, -0.05) is 63.6 Å². The van der Waals surface area contributed by atoms with Crippen molar-refractivity contribution in [3.8, 4) is 0 Å². The number of carbonyl (C=O) groups is 2. The topological polar surface area (TPSA) is 67.2 Å². The number of halogens is 1. The third kappa shape index (κ3) is 4.68. The molecule has 0 unspecified atom stereocenters. The summed E-state index contributed by atoms with van der Waals surface area (Å²) in [6.45, 7) is 8.20. The number of rotatable bonds is 4. The van der Waals surface area contributed by atoms with Gasteiger partial charge in [0.2, 0.25) is 5.91 Å². The highest BCUT2D eigenvalue weighted by Crippen LogP contribution is 2.36. The quantitative estimate of drug-likeness (QED) is 0.630. The fraction of sp³-hybridized carbons (Fsp3) is 0.577. The van der Waals surface area contributed by atoms with Gasteiger partial charge in [-0.05, 0) is 56.4 Å². The van der Waals surface area contributed by atoms with E-state index in [1.54, 1.807) is 15.6 Å². The molecule has 1 saturated carbocycles. The first-order chi connectivity index (χ1) is 15.7. The number of benzene rings is 1. The zero-order valence-corrected chi connectivity index (χ0v) is 20.9. The molecule has 0 saturated heterocycles. The summed E-state index contributed by atoms with van der Waals surface area (Å²) < 4.78 is 1.71. The van der Waals surface area contributed by atoms with Crippen LogP contribution < -0.4 is 10.2 Å². The number of nitrogens with one attached hydrogen (secondary N) is 1. The summed E-state index contributed by atoms with van der Waals surface area (Å²) >= 11 is 6.34. The molecule has 2 amide bonds. The number of aromatic nitrogens is 2. The molecule has 0 radical (unpaired) electrons. The van der Waals surface area contributed by atoms with Crippen LogP contribution in [0.5, 0.6) is 0 Å². The molecule has 2 aliphatic rings. The van der Waals surface area contributed by atoms with E-state index in [1.807, 2.05) is 32.0 Å². The number of nitrogens with zero attached hydrogens (tertiary/aromatic N) is 3. The number of hydrogen-bond donors (Lipinski definition) is 1. The van der Waals surface area contributed by atoms with Crippen molar-refractivity contribution in [2.45, 2.75) is 96.7 Å². The Morgan fingerprint density at radius 3 is 2.48 bits per heavy atom. The molecule has 2 heterocycles. The molecule has 4 rings (SSSR count). The highest BCUT2D eigenvalue weighted by Gasteiger charge is 2.49. The van der Waals surface area contributed by atoms with Gasteiger partial charge >= 0.3 is 0 Å². The van der Waals surface area contributed by atoms with Crippen molar-refractivity contribution in [1.82, 2.24) is 15.1 Å². The Morgan fingerprint density at radius 1 is 1.15 bits per heavy atom. The van der Waals surface area contributed by atoms with Gasteiger partial charge in [-0.25, -0.2) is 0 Å². The number of anilines is 1. The summed E-state index contributed by atoms with van der Waals surface area (Å²) in [7, 11) is 0. The summed E-state index contributed by atoms with van der Waals surface area (Å²) in [5.41, 5.74) is 1.80. The maximum Gasteiger partial charge on any atom is 0.277 e. The van der Waals surface area contributed by atoms with Crippen LogP contribution >= 0.6 is 11.6 Å². The SMILES string of the molecule is Cc1ccc(Cl)cc1N1C(=O)c2cc(C(C)C)nn2C[C@]1(C)C(=O)NC1CCCCCCC1.